The van der Waals surface area contributed by atoms with E-state index in [9.17, 15) is 9.59 Å². The molecule has 1 amide bonds. The Bertz CT molecular complexity index is 485. The Hall–Kier alpha value is -1.56. The van der Waals surface area contributed by atoms with Crippen LogP contribution in [0.3, 0.4) is 0 Å². The van der Waals surface area contributed by atoms with E-state index in [1.54, 1.807) is 20.8 Å². The number of rotatable bonds is 6. The lowest BCUT2D eigenvalue weighted by Gasteiger charge is -2.23. The minimum absolute atomic E-state index is 0.250. The molecular formula is C16H22BrNO4. The molecule has 0 aliphatic carbocycles. The molecule has 1 aromatic carbocycles. The van der Waals surface area contributed by atoms with Crippen molar-refractivity contribution in [3.63, 3.8) is 0 Å². The molecule has 0 aliphatic rings. The minimum atomic E-state index is -0.781. The molecule has 1 N–H and O–H groups in total. The Morgan fingerprint density at radius 1 is 1.23 bits per heavy atom. The van der Waals surface area contributed by atoms with Gasteiger partial charge in [0.15, 0.2) is 0 Å². The summed E-state index contributed by atoms with van der Waals surface area (Å²) in [6.07, 6.45) is -0.287. The highest BCUT2D eigenvalue weighted by Gasteiger charge is 2.25. The summed E-state index contributed by atoms with van der Waals surface area (Å²) < 4.78 is 10.3. The Balaban J connectivity index is 2.73. The van der Waals surface area contributed by atoms with Crippen LogP contribution in [-0.2, 0) is 20.7 Å². The molecule has 5 nitrogen and oxygen atoms in total. The van der Waals surface area contributed by atoms with Crippen molar-refractivity contribution in [3.8, 4) is 0 Å². The second-order valence-corrected chi connectivity index (χ2v) is 6.54. The lowest BCUT2D eigenvalue weighted by Crippen LogP contribution is -2.45. The van der Waals surface area contributed by atoms with Gasteiger partial charge in [0.2, 0.25) is 0 Å². The third-order valence-corrected chi connectivity index (χ3v) is 2.90. The van der Waals surface area contributed by atoms with E-state index in [-0.39, 0.29) is 6.61 Å². The maximum atomic E-state index is 12.1. The Morgan fingerprint density at radius 2 is 1.86 bits per heavy atom. The molecule has 0 aromatic heterocycles. The van der Waals surface area contributed by atoms with E-state index in [1.165, 1.54) is 0 Å². The van der Waals surface area contributed by atoms with Gasteiger partial charge in [-0.3, -0.25) is 0 Å². The third kappa shape index (κ3) is 7.45. The summed E-state index contributed by atoms with van der Waals surface area (Å²) in [4.78, 5) is 24.0. The standard InChI is InChI=1S/C16H22BrNO4/c1-16(2,3)22-15(20)18-13(14(19)21-10-9-17)11-12-7-5-4-6-8-12/h4-8,13H,9-11H2,1-3H3,(H,18,20). The quantitative estimate of drug-likeness (QED) is 0.616. The van der Waals surface area contributed by atoms with Gasteiger partial charge in [0, 0.05) is 11.8 Å². The Morgan fingerprint density at radius 3 is 2.41 bits per heavy atom. The van der Waals surface area contributed by atoms with E-state index in [0.29, 0.717) is 11.8 Å². The van der Waals surface area contributed by atoms with Crippen LogP contribution in [0.5, 0.6) is 0 Å². The highest BCUT2D eigenvalue weighted by molar-refractivity contribution is 9.09. The van der Waals surface area contributed by atoms with Gasteiger partial charge in [-0.15, -0.1) is 0 Å². The molecule has 1 rings (SSSR count). The van der Waals surface area contributed by atoms with E-state index in [1.807, 2.05) is 30.3 Å². The summed E-state index contributed by atoms with van der Waals surface area (Å²) >= 11 is 3.20. The van der Waals surface area contributed by atoms with Crippen molar-refractivity contribution in [2.45, 2.75) is 38.8 Å². The van der Waals surface area contributed by atoms with E-state index < -0.39 is 23.7 Å². The summed E-state index contributed by atoms with van der Waals surface area (Å²) in [5.41, 5.74) is 0.306. The lowest BCUT2D eigenvalue weighted by atomic mass is 10.1. The number of halogens is 1. The zero-order chi connectivity index (χ0) is 16.6. The van der Waals surface area contributed by atoms with Crippen LogP contribution in [0.25, 0.3) is 0 Å². The van der Waals surface area contributed by atoms with Gasteiger partial charge in [-0.25, -0.2) is 9.59 Å². The molecule has 1 unspecified atom stereocenters. The van der Waals surface area contributed by atoms with Crippen LogP contribution >= 0.6 is 15.9 Å². The van der Waals surface area contributed by atoms with Crippen molar-refractivity contribution in [1.82, 2.24) is 5.32 Å². The SMILES string of the molecule is CC(C)(C)OC(=O)NC(Cc1ccccc1)C(=O)OCCBr. The molecule has 22 heavy (non-hydrogen) atoms. The molecule has 0 saturated heterocycles. The van der Waals surface area contributed by atoms with Gasteiger partial charge in [0.1, 0.15) is 18.2 Å². The lowest BCUT2D eigenvalue weighted by molar-refractivity contribution is -0.145. The van der Waals surface area contributed by atoms with Crippen LogP contribution in [0.15, 0.2) is 30.3 Å². The van der Waals surface area contributed by atoms with Crippen LogP contribution in [0.1, 0.15) is 26.3 Å². The van der Waals surface area contributed by atoms with Crippen molar-refractivity contribution in [2.75, 3.05) is 11.9 Å². The second kappa shape index (κ2) is 8.78. The molecule has 0 saturated carbocycles. The van der Waals surface area contributed by atoms with Gasteiger partial charge in [-0.2, -0.15) is 0 Å². The third-order valence-electron chi connectivity index (χ3n) is 2.58. The highest BCUT2D eigenvalue weighted by atomic mass is 79.9. The molecule has 0 radical (unpaired) electrons. The molecule has 0 aliphatic heterocycles. The fourth-order valence-electron chi connectivity index (χ4n) is 1.73. The number of amides is 1. The predicted octanol–water partition coefficient (Wildman–Crippen LogP) is 3.06. The highest BCUT2D eigenvalue weighted by Crippen LogP contribution is 2.09. The van der Waals surface area contributed by atoms with Crippen LogP contribution in [0.4, 0.5) is 4.79 Å². The second-order valence-electron chi connectivity index (χ2n) is 5.75. The topological polar surface area (TPSA) is 64.6 Å². The summed E-state index contributed by atoms with van der Waals surface area (Å²) in [6.45, 7) is 5.55. The van der Waals surface area contributed by atoms with E-state index in [2.05, 4.69) is 21.2 Å². The monoisotopic (exact) mass is 371 g/mol. The zero-order valence-corrected chi connectivity index (χ0v) is 14.7. The first kappa shape index (κ1) is 18.5. The molecule has 6 heteroatoms. The van der Waals surface area contributed by atoms with Crippen molar-refractivity contribution < 1.29 is 19.1 Å². The number of carbonyl (C=O) groups excluding carboxylic acids is 2. The number of hydrogen-bond donors (Lipinski definition) is 1. The predicted molar refractivity (Wildman–Crippen MR) is 88.1 cm³/mol. The normalized spacial score (nSPS) is 12.4. The van der Waals surface area contributed by atoms with Crippen molar-refractivity contribution in [1.29, 1.82) is 0 Å². The van der Waals surface area contributed by atoms with E-state index >= 15 is 0 Å². The fraction of sp³-hybridized carbons (Fsp3) is 0.500. The molecule has 0 heterocycles. The molecule has 1 aromatic rings. The number of hydrogen-bond acceptors (Lipinski definition) is 4. The first-order chi connectivity index (χ1) is 10.3. The van der Waals surface area contributed by atoms with Gasteiger partial charge >= 0.3 is 12.1 Å². The molecule has 0 spiro atoms. The number of benzene rings is 1. The first-order valence-electron chi connectivity index (χ1n) is 7.08. The van der Waals surface area contributed by atoms with Gasteiger partial charge < -0.3 is 14.8 Å². The molecule has 0 fully saturated rings. The maximum Gasteiger partial charge on any atom is 0.408 e. The van der Waals surface area contributed by atoms with Crippen molar-refractivity contribution in [2.24, 2.45) is 0 Å². The number of carbonyl (C=O) groups is 2. The van der Waals surface area contributed by atoms with Gasteiger partial charge in [0.05, 0.1) is 0 Å². The van der Waals surface area contributed by atoms with Crippen molar-refractivity contribution >= 4 is 28.0 Å². The Kier molecular flexibility index (Phi) is 7.38. The van der Waals surface area contributed by atoms with Gasteiger partial charge in [0.25, 0.3) is 0 Å². The summed E-state index contributed by atoms with van der Waals surface area (Å²) in [5.74, 6) is -0.478. The average Bonchev–Trinajstić information content (AvgIpc) is 2.43. The number of ether oxygens (including phenoxy) is 2. The van der Waals surface area contributed by atoms with Crippen LogP contribution in [0, 0.1) is 0 Å². The van der Waals surface area contributed by atoms with E-state index in [0.717, 1.165) is 5.56 Å². The van der Waals surface area contributed by atoms with Crippen LogP contribution < -0.4 is 5.32 Å². The van der Waals surface area contributed by atoms with E-state index in [4.69, 9.17) is 9.47 Å². The first-order valence-corrected chi connectivity index (χ1v) is 8.20. The molecular weight excluding hydrogens is 350 g/mol. The minimum Gasteiger partial charge on any atom is -0.463 e. The van der Waals surface area contributed by atoms with Gasteiger partial charge in [-0.1, -0.05) is 46.3 Å². The summed E-state index contributed by atoms with van der Waals surface area (Å²) in [5, 5.41) is 3.12. The average molecular weight is 372 g/mol. The number of nitrogens with one attached hydrogen (secondary N) is 1. The van der Waals surface area contributed by atoms with Crippen LogP contribution in [-0.4, -0.2) is 35.6 Å². The number of alkyl halides is 1. The maximum absolute atomic E-state index is 12.1. The molecule has 122 valence electrons. The number of alkyl carbamates (subject to hydrolysis) is 1. The van der Waals surface area contributed by atoms with Crippen molar-refractivity contribution in [3.05, 3.63) is 35.9 Å². The van der Waals surface area contributed by atoms with Crippen LogP contribution in [0.2, 0.25) is 0 Å². The zero-order valence-electron chi connectivity index (χ0n) is 13.1. The molecule has 1 atom stereocenters. The summed E-state index contributed by atoms with van der Waals surface area (Å²) in [7, 11) is 0. The summed E-state index contributed by atoms with van der Waals surface area (Å²) in [6, 6.07) is 8.65. The Labute approximate surface area is 139 Å². The smallest absolute Gasteiger partial charge is 0.408 e. The number of esters is 1. The van der Waals surface area contributed by atoms with Gasteiger partial charge in [-0.05, 0) is 26.3 Å². The largest absolute Gasteiger partial charge is 0.463 e. The molecule has 0 bridgehead atoms. The fourth-order valence-corrected chi connectivity index (χ4v) is 1.89.